The van der Waals surface area contributed by atoms with Crippen LogP contribution in [-0.2, 0) is 9.84 Å². The molecule has 0 fully saturated rings. The average molecular weight is 425 g/mol. The molecule has 1 unspecified atom stereocenters. The van der Waals surface area contributed by atoms with Gasteiger partial charge in [-0.05, 0) is 69.2 Å². The zero-order chi connectivity index (χ0) is 22.2. The van der Waals surface area contributed by atoms with Crippen LogP contribution in [0.25, 0.3) is 5.69 Å². The zero-order valence-electron chi connectivity index (χ0n) is 18.3. The molecule has 1 amide bonds. The minimum atomic E-state index is -3.25. The summed E-state index contributed by atoms with van der Waals surface area (Å²) in [6, 6.07) is 16.6. The van der Waals surface area contributed by atoms with E-state index in [1.165, 1.54) is 6.26 Å². The highest BCUT2D eigenvalue weighted by molar-refractivity contribution is 7.90. The molecule has 0 aliphatic rings. The molecular weight excluding hydrogens is 396 g/mol. The first-order chi connectivity index (χ1) is 14.0. The van der Waals surface area contributed by atoms with E-state index in [0.29, 0.717) is 5.56 Å². The van der Waals surface area contributed by atoms with E-state index in [1.807, 2.05) is 52.0 Å². The molecule has 0 saturated heterocycles. The smallest absolute Gasteiger partial charge is 0.255 e. The van der Waals surface area contributed by atoms with Gasteiger partial charge in [0.1, 0.15) is 0 Å². The molecule has 0 saturated carbocycles. The highest BCUT2D eigenvalue weighted by Gasteiger charge is 2.24. The summed E-state index contributed by atoms with van der Waals surface area (Å²) < 4.78 is 25.5. The Balaban J connectivity index is 1.90. The highest BCUT2D eigenvalue weighted by atomic mass is 32.2. The second kappa shape index (κ2) is 8.11. The maximum absolute atomic E-state index is 13.3. The maximum atomic E-state index is 13.3. The van der Waals surface area contributed by atoms with E-state index in [-0.39, 0.29) is 16.8 Å². The Morgan fingerprint density at radius 1 is 1.00 bits per heavy atom. The topological polar surface area (TPSA) is 59.4 Å². The van der Waals surface area contributed by atoms with Crippen molar-refractivity contribution < 1.29 is 13.2 Å². The molecular formula is C24H28N2O3S. The van der Waals surface area contributed by atoms with Crippen molar-refractivity contribution in [3.05, 3.63) is 82.7 Å². The summed E-state index contributed by atoms with van der Waals surface area (Å²) in [4.78, 5) is 15.3. The van der Waals surface area contributed by atoms with Crippen molar-refractivity contribution in [2.24, 2.45) is 0 Å². The molecule has 3 rings (SSSR count). The Morgan fingerprint density at radius 2 is 1.63 bits per heavy atom. The minimum absolute atomic E-state index is 0.0679. The highest BCUT2D eigenvalue weighted by Crippen LogP contribution is 2.26. The zero-order valence-corrected chi connectivity index (χ0v) is 19.1. The lowest BCUT2D eigenvalue weighted by molar-refractivity contribution is 0.0742. The summed E-state index contributed by atoms with van der Waals surface area (Å²) >= 11 is 0. The van der Waals surface area contributed by atoms with Crippen LogP contribution < -0.4 is 0 Å². The van der Waals surface area contributed by atoms with Gasteiger partial charge in [-0.3, -0.25) is 4.79 Å². The number of sulfone groups is 1. The van der Waals surface area contributed by atoms with Gasteiger partial charge >= 0.3 is 0 Å². The van der Waals surface area contributed by atoms with Crippen molar-refractivity contribution >= 4 is 15.7 Å². The summed E-state index contributed by atoms with van der Waals surface area (Å²) in [5.74, 6) is -0.0679. The monoisotopic (exact) mass is 424 g/mol. The predicted molar refractivity (Wildman–Crippen MR) is 120 cm³/mol. The fourth-order valence-electron chi connectivity index (χ4n) is 3.73. The fourth-order valence-corrected chi connectivity index (χ4v) is 4.36. The lowest BCUT2D eigenvalue weighted by Gasteiger charge is -2.25. The van der Waals surface area contributed by atoms with E-state index in [2.05, 4.69) is 10.6 Å². The Labute approximate surface area is 178 Å². The van der Waals surface area contributed by atoms with Crippen molar-refractivity contribution in [2.75, 3.05) is 13.3 Å². The summed E-state index contributed by atoms with van der Waals surface area (Å²) in [7, 11) is -1.47. The van der Waals surface area contributed by atoms with E-state index >= 15 is 0 Å². The quantitative estimate of drug-likeness (QED) is 0.600. The number of carbonyl (C=O) groups excluding carboxylic acids is 1. The third-order valence-corrected chi connectivity index (χ3v) is 6.74. The van der Waals surface area contributed by atoms with Gasteiger partial charge in [-0.15, -0.1) is 0 Å². The van der Waals surface area contributed by atoms with Crippen LogP contribution >= 0.6 is 0 Å². The summed E-state index contributed by atoms with van der Waals surface area (Å²) in [5, 5.41) is 0. The van der Waals surface area contributed by atoms with Crippen molar-refractivity contribution in [1.29, 1.82) is 0 Å². The second-order valence-electron chi connectivity index (χ2n) is 7.89. The average Bonchev–Trinajstić information content (AvgIpc) is 2.99. The molecule has 0 radical (unpaired) electrons. The first kappa shape index (κ1) is 21.8. The number of rotatable bonds is 5. The molecule has 0 spiro atoms. The van der Waals surface area contributed by atoms with Crippen molar-refractivity contribution in [3.8, 4) is 5.69 Å². The van der Waals surface area contributed by atoms with E-state index in [4.69, 9.17) is 0 Å². The minimum Gasteiger partial charge on any atom is -0.335 e. The van der Waals surface area contributed by atoms with E-state index in [0.717, 1.165) is 28.2 Å². The van der Waals surface area contributed by atoms with Crippen LogP contribution in [0.1, 0.15) is 45.8 Å². The maximum Gasteiger partial charge on any atom is 0.255 e. The van der Waals surface area contributed by atoms with Crippen LogP contribution in [0.4, 0.5) is 0 Å². The Kier molecular flexibility index (Phi) is 5.90. The fraction of sp³-hybridized carbons (Fsp3) is 0.292. The van der Waals surface area contributed by atoms with Gasteiger partial charge in [-0.2, -0.15) is 0 Å². The number of carbonyl (C=O) groups is 1. The molecule has 0 bridgehead atoms. The summed E-state index contributed by atoms with van der Waals surface area (Å²) in [6.07, 6.45) is 1.19. The van der Waals surface area contributed by atoms with Crippen LogP contribution in [0.15, 0.2) is 59.5 Å². The summed E-state index contributed by atoms with van der Waals surface area (Å²) in [5.41, 5.74) is 5.64. The van der Waals surface area contributed by atoms with Gasteiger partial charge in [-0.1, -0.05) is 24.3 Å². The summed E-state index contributed by atoms with van der Waals surface area (Å²) in [6.45, 7) is 7.95. The number of aryl methyl sites for hydroxylation is 2. The third kappa shape index (κ3) is 4.19. The Hall–Kier alpha value is -2.86. The van der Waals surface area contributed by atoms with Crippen LogP contribution in [0.2, 0.25) is 0 Å². The van der Waals surface area contributed by atoms with Gasteiger partial charge in [0.2, 0.25) is 0 Å². The molecule has 3 aromatic rings. The number of hydrogen-bond donors (Lipinski definition) is 0. The largest absolute Gasteiger partial charge is 0.335 e. The van der Waals surface area contributed by atoms with Gasteiger partial charge in [0.25, 0.3) is 5.91 Å². The molecule has 1 heterocycles. The standard InChI is InChI=1S/C24H28N2O3S/c1-16-8-7-9-21(14-16)26-17(2)15-23(19(26)4)24(27)25(5)18(3)20-10-12-22(13-11-20)30(6,28)29/h7-15,18H,1-6H3. The number of aromatic nitrogens is 1. The van der Waals surface area contributed by atoms with Crippen LogP contribution in [-0.4, -0.2) is 37.1 Å². The number of amides is 1. The van der Waals surface area contributed by atoms with E-state index in [9.17, 15) is 13.2 Å². The van der Waals surface area contributed by atoms with E-state index < -0.39 is 9.84 Å². The molecule has 0 aliphatic heterocycles. The molecule has 5 nitrogen and oxygen atoms in total. The van der Waals surface area contributed by atoms with Crippen LogP contribution in [0.3, 0.4) is 0 Å². The van der Waals surface area contributed by atoms with Crippen molar-refractivity contribution in [1.82, 2.24) is 9.47 Å². The molecule has 6 heteroatoms. The number of hydrogen-bond acceptors (Lipinski definition) is 3. The third-order valence-electron chi connectivity index (χ3n) is 5.61. The SMILES string of the molecule is Cc1cccc(-n2c(C)cc(C(=O)N(C)C(C)c3ccc(S(C)(=O)=O)cc3)c2C)c1. The van der Waals surface area contributed by atoms with Crippen LogP contribution in [0, 0.1) is 20.8 Å². The van der Waals surface area contributed by atoms with Crippen LogP contribution in [0.5, 0.6) is 0 Å². The molecule has 1 aromatic heterocycles. The van der Waals surface area contributed by atoms with Crippen molar-refractivity contribution in [2.45, 2.75) is 38.6 Å². The van der Waals surface area contributed by atoms with E-state index in [1.54, 1.807) is 36.2 Å². The van der Waals surface area contributed by atoms with Gasteiger partial charge in [0, 0.05) is 30.4 Å². The normalized spacial score (nSPS) is 12.6. The number of benzene rings is 2. The molecule has 0 aliphatic carbocycles. The molecule has 1 atom stereocenters. The van der Waals surface area contributed by atoms with Gasteiger partial charge in [0.05, 0.1) is 16.5 Å². The molecule has 2 aromatic carbocycles. The second-order valence-corrected chi connectivity index (χ2v) is 9.91. The lowest BCUT2D eigenvalue weighted by Crippen LogP contribution is -2.30. The van der Waals surface area contributed by atoms with Gasteiger partial charge in [-0.25, -0.2) is 8.42 Å². The molecule has 0 N–H and O–H groups in total. The molecule has 158 valence electrons. The Morgan fingerprint density at radius 3 is 2.20 bits per heavy atom. The predicted octanol–water partition coefficient (Wildman–Crippen LogP) is 4.64. The first-order valence-corrected chi connectivity index (χ1v) is 11.7. The van der Waals surface area contributed by atoms with Gasteiger partial charge < -0.3 is 9.47 Å². The first-order valence-electron chi connectivity index (χ1n) is 9.84. The lowest BCUT2D eigenvalue weighted by atomic mass is 10.1. The molecule has 30 heavy (non-hydrogen) atoms. The van der Waals surface area contributed by atoms with Gasteiger partial charge in [0.15, 0.2) is 9.84 Å². The number of nitrogens with zero attached hydrogens (tertiary/aromatic N) is 2. The van der Waals surface area contributed by atoms with Crippen molar-refractivity contribution in [3.63, 3.8) is 0 Å². The Bertz CT molecular complexity index is 1190.